The summed E-state index contributed by atoms with van der Waals surface area (Å²) in [7, 11) is 1.75. The van der Waals surface area contributed by atoms with Crippen LogP contribution in [0.3, 0.4) is 0 Å². The minimum Gasteiger partial charge on any atom is -0.369 e. The van der Waals surface area contributed by atoms with Crippen LogP contribution in [0.4, 0.5) is 15.8 Å². The Kier molecular flexibility index (Phi) is 7.56. The summed E-state index contributed by atoms with van der Waals surface area (Å²) in [6, 6.07) is 21.9. The smallest absolute Gasteiger partial charge is 0.255 e. The van der Waals surface area contributed by atoms with Crippen LogP contribution in [0.2, 0.25) is 0 Å². The summed E-state index contributed by atoms with van der Waals surface area (Å²) in [5, 5.41) is 2.99. The Morgan fingerprint density at radius 3 is 2.57 bits per heavy atom. The van der Waals surface area contributed by atoms with E-state index in [1.807, 2.05) is 41.0 Å². The first-order valence-electron chi connectivity index (χ1n) is 14.2. The van der Waals surface area contributed by atoms with Crippen LogP contribution in [-0.4, -0.2) is 52.9 Å². The van der Waals surface area contributed by atoms with E-state index in [4.69, 9.17) is 0 Å². The Bertz CT molecular complexity index is 1670. The number of hydrogen-bond acceptors (Lipinski definition) is 5. The fourth-order valence-corrected chi connectivity index (χ4v) is 6.08. The SMILES string of the molecule is CN(CCc1ccccn1)C(=O)c1ccc(N2CC3CC(C2)c2cccc(=O)n2C3)c(NC(=O)c2ccc(F)cc2)c1. The molecule has 2 bridgehead atoms. The number of carbonyl (C=O) groups excluding carboxylic acids is 2. The van der Waals surface area contributed by atoms with Gasteiger partial charge in [-0.1, -0.05) is 12.1 Å². The van der Waals surface area contributed by atoms with Gasteiger partial charge in [0.1, 0.15) is 5.82 Å². The summed E-state index contributed by atoms with van der Waals surface area (Å²) in [5.41, 5.74) is 4.04. The first-order chi connectivity index (χ1) is 20.4. The predicted octanol–water partition coefficient (Wildman–Crippen LogP) is 4.57. The van der Waals surface area contributed by atoms with Crippen molar-refractivity contribution < 1.29 is 14.0 Å². The molecule has 0 radical (unpaired) electrons. The van der Waals surface area contributed by atoms with Crippen LogP contribution in [0, 0.1) is 11.7 Å². The molecule has 4 heterocycles. The van der Waals surface area contributed by atoms with Crippen LogP contribution in [0.5, 0.6) is 0 Å². The lowest BCUT2D eigenvalue weighted by Gasteiger charge is -2.44. The van der Waals surface area contributed by atoms with Crippen molar-refractivity contribution in [1.82, 2.24) is 14.5 Å². The number of fused-ring (bicyclic) bond motifs is 4. The van der Waals surface area contributed by atoms with Gasteiger partial charge in [-0.2, -0.15) is 0 Å². The Balaban J connectivity index is 1.28. The van der Waals surface area contributed by atoms with Gasteiger partial charge in [0.15, 0.2) is 0 Å². The van der Waals surface area contributed by atoms with Gasteiger partial charge in [0.05, 0.1) is 11.4 Å². The number of benzene rings is 2. The zero-order valence-electron chi connectivity index (χ0n) is 23.4. The first kappa shape index (κ1) is 27.4. The summed E-state index contributed by atoms with van der Waals surface area (Å²) in [6.07, 6.45) is 3.35. The molecule has 42 heavy (non-hydrogen) atoms. The maximum atomic E-state index is 13.5. The fourth-order valence-electron chi connectivity index (χ4n) is 6.08. The highest BCUT2D eigenvalue weighted by molar-refractivity contribution is 6.07. The van der Waals surface area contributed by atoms with E-state index in [0.29, 0.717) is 49.4 Å². The van der Waals surface area contributed by atoms with Gasteiger partial charge in [-0.15, -0.1) is 0 Å². The molecule has 0 aliphatic carbocycles. The molecule has 2 aliphatic rings. The molecule has 1 N–H and O–H groups in total. The topological polar surface area (TPSA) is 87.5 Å². The molecule has 2 amide bonds. The van der Waals surface area contributed by atoms with Gasteiger partial charge in [0.25, 0.3) is 17.4 Å². The van der Waals surface area contributed by atoms with Crippen molar-refractivity contribution in [1.29, 1.82) is 0 Å². The van der Waals surface area contributed by atoms with Gasteiger partial charge in [-0.25, -0.2) is 4.39 Å². The van der Waals surface area contributed by atoms with Gasteiger partial charge in [-0.3, -0.25) is 19.4 Å². The number of carbonyl (C=O) groups is 2. The number of halogens is 1. The van der Waals surface area contributed by atoms with Crippen LogP contribution in [0.25, 0.3) is 0 Å². The van der Waals surface area contributed by atoms with Crippen molar-refractivity contribution >= 4 is 23.2 Å². The van der Waals surface area contributed by atoms with E-state index in [2.05, 4.69) is 15.2 Å². The molecular formula is C33H32FN5O3. The zero-order chi connectivity index (χ0) is 29.2. The maximum absolute atomic E-state index is 13.5. The van der Waals surface area contributed by atoms with E-state index in [0.717, 1.165) is 23.5 Å². The van der Waals surface area contributed by atoms with Crippen molar-refractivity contribution in [3.05, 3.63) is 124 Å². The monoisotopic (exact) mass is 565 g/mol. The standard InChI is InChI=1S/C33H32FN5O3/c1-37(16-14-27-5-2-3-15-35-27)33(42)24-10-13-30(28(18-24)36-32(41)23-8-11-26(34)12-9-23)38-19-22-17-25(21-38)29-6-4-7-31(40)39(29)20-22/h2-13,15,18,22,25H,14,16-17,19-21H2,1H3,(H,36,41). The molecule has 0 saturated carbocycles. The number of pyridine rings is 2. The van der Waals surface area contributed by atoms with Crippen molar-refractivity contribution in [3.63, 3.8) is 0 Å². The van der Waals surface area contributed by atoms with Crippen LogP contribution in [0.15, 0.2) is 89.9 Å². The van der Waals surface area contributed by atoms with Gasteiger partial charge in [0, 0.05) is 80.3 Å². The third-order valence-corrected chi connectivity index (χ3v) is 8.19. The summed E-state index contributed by atoms with van der Waals surface area (Å²) in [5.74, 6) is -0.535. The van der Waals surface area contributed by atoms with E-state index in [9.17, 15) is 18.8 Å². The van der Waals surface area contributed by atoms with E-state index in [1.165, 1.54) is 24.3 Å². The molecule has 1 saturated heterocycles. The number of piperidine rings is 1. The molecule has 9 heteroatoms. The van der Waals surface area contributed by atoms with Crippen molar-refractivity contribution in [3.8, 4) is 0 Å². The summed E-state index contributed by atoms with van der Waals surface area (Å²) in [4.78, 5) is 47.4. The maximum Gasteiger partial charge on any atom is 0.255 e. The number of amides is 2. The Morgan fingerprint density at radius 2 is 1.79 bits per heavy atom. The van der Waals surface area contributed by atoms with E-state index < -0.39 is 11.7 Å². The predicted molar refractivity (Wildman–Crippen MR) is 159 cm³/mol. The van der Waals surface area contributed by atoms with E-state index in [1.54, 1.807) is 36.3 Å². The molecule has 0 spiro atoms. The summed E-state index contributed by atoms with van der Waals surface area (Å²) < 4.78 is 15.4. The molecule has 2 aromatic heterocycles. The molecule has 2 aromatic carbocycles. The molecule has 2 atom stereocenters. The molecule has 6 rings (SSSR count). The van der Waals surface area contributed by atoms with Gasteiger partial charge < -0.3 is 19.7 Å². The van der Waals surface area contributed by atoms with Crippen LogP contribution in [0.1, 0.15) is 44.4 Å². The van der Waals surface area contributed by atoms with Gasteiger partial charge in [-0.05, 0) is 73.0 Å². The number of rotatable bonds is 7. The number of hydrogen-bond donors (Lipinski definition) is 1. The Labute approximate surface area is 243 Å². The Hall–Kier alpha value is -4.79. The fraction of sp³-hybridized carbons (Fsp3) is 0.273. The molecule has 2 aliphatic heterocycles. The number of anilines is 2. The van der Waals surface area contributed by atoms with Crippen LogP contribution >= 0.6 is 0 Å². The molecule has 4 aromatic rings. The minimum atomic E-state index is -0.423. The van der Waals surface area contributed by atoms with Crippen LogP contribution in [-0.2, 0) is 13.0 Å². The highest BCUT2D eigenvalue weighted by Crippen LogP contribution is 2.39. The number of nitrogens with zero attached hydrogens (tertiary/aromatic N) is 4. The average molecular weight is 566 g/mol. The summed E-state index contributed by atoms with van der Waals surface area (Å²) in [6.45, 7) is 2.53. The largest absolute Gasteiger partial charge is 0.369 e. The average Bonchev–Trinajstić information content (AvgIpc) is 3.00. The lowest BCUT2D eigenvalue weighted by Crippen LogP contribution is -2.47. The Morgan fingerprint density at radius 1 is 0.976 bits per heavy atom. The second-order valence-corrected chi connectivity index (χ2v) is 11.1. The third kappa shape index (κ3) is 5.68. The van der Waals surface area contributed by atoms with Crippen molar-refractivity contribution in [2.24, 2.45) is 5.92 Å². The molecule has 1 fully saturated rings. The lowest BCUT2D eigenvalue weighted by molar-refractivity contribution is 0.0796. The van der Waals surface area contributed by atoms with E-state index in [-0.39, 0.29) is 23.3 Å². The highest BCUT2D eigenvalue weighted by Gasteiger charge is 2.35. The molecule has 214 valence electrons. The molecular weight excluding hydrogens is 533 g/mol. The minimum absolute atomic E-state index is 0.0259. The van der Waals surface area contributed by atoms with Crippen molar-refractivity contribution in [2.45, 2.75) is 25.3 Å². The lowest BCUT2D eigenvalue weighted by atomic mass is 9.83. The second-order valence-electron chi connectivity index (χ2n) is 11.1. The summed E-state index contributed by atoms with van der Waals surface area (Å²) >= 11 is 0. The zero-order valence-corrected chi connectivity index (χ0v) is 23.4. The van der Waals surface area contributed by atoms with Gasteiger partial charge in [0.2, 0.25) is 0 Å². The quantitative estimate of drug-likeness (QED) is 0.355. The molecule has 2 unspecified atom stereocenters. The molecule has 8 nitrogen and oxygen atoms in total. The number of nitrogens with one attached hydrogen (secondary N) is 1. The number of aromatic nitrogens is 2. The van der Waals surface area contributed by atoms with Crippen LogP contribution < -0.4 is 15.8 Å². The second kappa shape index (κ2) is 11.6. The highest BCUT2D eigenvalue weighted by atomic mass is 19.1. The van der Waals surface area contributed by atoms with Crippen molar-refractivity contribution in [2.75, 3.05) is 36.9 Å². The van der Waals surface area contributed by atoms with Gasteiger partial charge >= 0.3 is 0 Å². The third-order valence-electron chi connectivity index (χ3n) is 8.19. The van der Waals surface area contributed by atoms with E-state index >= 15 is 0 Å². The normalized spacial score (nSPS) is 17.3. The first-order valence-corrected chi connectivity index (χ1v) is 14.2. The number of likely N-dealkylation sites (N-methyl/N-ethyl adjacent to an activating group) is 1.